The van der Waals surface area contributed by atoms with Gasteiger partial charge in [-0.25, -0.2) is 0 Å². The molecule has 4 nitrogen and oxygen atoms in total. The third-order valence-corrected chi connectivity index (χ3v) is 3.63. The van der Waals surface area contributed by atoms with Crippen molar-refractivity contribution < 1.29 is 14.6 Å². The first-order chi connectivity index (χ1) is 7.38. The molecular formula is C12H23NO3. The third-order valence-electron chi connectivity index (χ3n) is 3.63. The minimum atomic E-state index is -1.05. The number of hydrogen-bond acceptors (Lipinski definition) is 3. The van der Waals surface area contributed by atoms with Gasteiger partial charge in [-0.2, -0.15) is 0 Å². The molecule has 1 fully saturated rings. The lowest BCUT2D eigenvalue weighted by molar-refractivity contribution is -0.194. The molecule has 1 aliphatic heterocycles. The van der Waals surface area contributed by atoms with E-state index in [0.717, 1.165) is 6.42 Å². The van der Waals surface area contributed by atoms with Gasteiger partial charge >= 0.3 is 0 Å². The van der Waals surface area contributed by atoms with Crippen LogP contribution in [0.25, 0.3) is 0 Å². The SMILES string of the molecule is CC[C@@H](CC[C@]1(O)C[C@@H](C)[C@@H](C)O1)C(N)=O. The fraction of sp³-hybridized carbons (Fsp3) is 0.917. The number of primary amides is 1. The van der Waals surface area contributed by atoms with Crippen molar-refractivity contribution in [3.05, 3.63) is 0 Å². The van der Waals surface area contributed by atoms with Crippen LogP contribution in [-0.2, 0) is 9.53 Å². The number of carbonyl (C=O) groups excluding carboxylic acids is 1. The van der Waals surface area contributed by atoms with E-state index in [1.807, 2.05) is 13.8 Å². The Balaban J connectivity index is 2.46. The summed E-state index contributed by atoms with van der Waals surface area (Å²) in [7, 11) is 0. The highest BCUT2D eigenvalue weighted by Gasteiger charge is 2.41. The standard InChI is InChI=1S/C12H23NO3/c1-4-10(11(13)14)5-6-12(15)7-8(2)9(3)16-12/h8-10,15H,4-7H2,1-3H3,(H2,13,14)/t8-,9-,10+,12-/m1/s1. The van der Waals surface area contributed by atoms with Gasteiger partial charge in [-0.3, -0.25) is 4.79 Å². The molecule has 4 atom stereocenters. The second-order valence-corrected chi connectivity index (χ2v) is 5.00. The highest BCUT2D eigenvalue weighted by molar-refractivity contribution is 5.76. The lowest BCUT2D eigenvalue weighted by atomic mass is 9.93. The lowest BCUT2D eigenvalue weighted by Gasteiger charge is -2.24. The number of nitrogens with two attached hydrogens (primary N) is 1. The predicted octanol–water partition coefficient (Wildman–Crippen LogP) is 1.41. The smallest absolute Gasteiger partial charge is 0.220 e. The number of aliphatic hydroxyl groups is 1. The van der Waals surface area contributed by atoms with Crippen molar-refractivity contribution in [3.63, 3.8) is 0 Å². The van der Waals surface area contributed by atoms with E-state index in [1.165, 1.54) is 0 Å². The first-order valence-corrected chi connectivity index (χ1v) is 6.07. The molecule has 0 aromatic rings. The zero-order valence-electron chi connectivity index (χ0n) is 10.4. The Labute approximate surface area is 97.2 Å². The zero-order chi connectivity index (χ0) is 12.3. The van der Waals surface area contributed by atoms with Crippen molar-refractivity contribution >= 4 is 5.91 Å². The maximum absolute atomic E-state index is 11.1. The Bertz CT molecular complexity index is 245. The summed E-state index contributed by atoms with van der Waals surface area (Å²) in [5, 5.41) is 10.2. The Morgan fingerprint density at radius 2 is 2.25 bits per heavy atom. The summed E-state index contributed by atoms with van der Waals surface area (Å²) in [5.74, 6) is -1.13. The fourth-order valence-electron chi connectivity index (χ4n) is 2.29. The fourth-order valence-corrected chi connectivity index (χ4v) is 2.29. The topological polar surface area (TPSA) is 72.6 Å². The van der Waals surface area contributed by atoms with Gasteiger partial charge in [-0.05, 0) is 25.7 Å². The Morgan fingerprint density at radius 3 is 2.62 bits per heavy atom. The van der Waals surface area contributed by atoms with Crippen LogP contribution in [0.5, 0.6) is 0 Å². The minimum Gasteiger partial charge on any atom is -0.369 e. The number of rotatable bonds is 5. The molecule has 1 amide bonds. The Kier molecular flexibility index (Phi) is 4.33. The van der Waals surface area contributed by atoms with Crippen molar-refractivity contribution in [3.8, 4) is 0 Å². The molecule has 3 N–H and O–H groups in total. The van der Waals surface area contributed by atoms with Crippen LogP contribution in [0.2, 0.25) is 0 Å². The van der Waals surface area contributed by atoms with Crippen LogP contribution in [0, 0.1) is 11.8 Å². The van der Waals surface area contributed by atoms with Crippen LogP contribution >= 0.6 is 0 Å². The minimum absolute atomic E-state index is 0.0821. The highest BCUT2D eigenvalue weighted by Crippen LogP contribution is 2.36. The third kappa shape index (κ3) is 3.19. The van der Waals surface area contributed by atoms with Crippen molar-refractivity contribution in [2.45, 2.75) is 58.3 Å². The van der Waals surface area contributed by atoms with Gasteiger partial charge in [-0.15, -0.1) is 0 Å². The summed E-state index contributed by atoms with van der Waals surface area (Å²) in [6.45, 7) is 5.96. The van der Waals surface area contributed by atoms with E-state index in [9.17, 15) is 9.90 Å². The van der Waals surface area contributed by atoms with Crippen molar-refractivity contribution in [1.29, 1.82) is 0 Å². The molecule has 0 bridgehead atoms. The Hall–Kier alpha value is -0.610. The second-order valence-electron chi connectivity index (χ2n) is 5.00. The normalized spacial score (nSPS) is 36.2. The van der Waals surface area contributed by atoms with E-state index in [1.54, 1.807) is 0 Å². The van der Waals surface area contributed by atoms with Gasteiger partial charge in [0.1, 0.15) is 0 Å². The van der Waals surface area contributed by atoms with Crippen LogP contribution in [0.3, 0.4) is 0 Å². The number of carbonyl (C=O) groups is 1. The highest BCUT2D eigenvalue weighted by atomic mass is 16.6. The van der Waals surface area contributed by atoms with Gasteiger partial charge in [0.2, 0.25) is 5.91 Å². The molecular weight excluding hydrogens is 206 g/mol. The molecule has 0 radical (unpaired) electrons. The van der Waals surface area contributed by atoms with Crippen LogP contribution in [0.1, 0.15) is 46.5 Å². The lowest BCUT2D eigenvalue weighted by Crippen LogP contribution is -2.31. The molecule has 0 unspecified atom stereocenters. The molecule has 0 aliphatic carbocycles. The average Bonchev–Trinajstić information content (AvgIpc) is 2.41. The van der Waals surface area contributed by atoms with E-state index < -0.39 is 5.79 Å². The second kappa shape index (κ2) is 5.15. The first-order valence-electron chi connectivity index (χ1n) is 6.07. The molecule has 1 saturated heterocycles. The maximum atomic E-state index is 11.1. The number of ether oxygens (including phenoxy) is 1. The monoisotopic (exact) mass is 229 g/mol. The summed E-state index contributed by atoms with van der Waals surface area (Å²) in [4.78, 5) is 11.1. The average molecular weight is 229 g/mol. The van der Waals surface area contributed by atoms with Crippen molar-refractivity contribution in [2.24, 2.45) is 17.6 Å². The van der Waals surface area contributed by atoms with Gasteiger partial charge in [0.05, 0.1) is 6.10 Å². The molecule has 0 saturated carbocycles. The van der Waals surface area contributed by atoms with E-state index >= 15 is 0 Å². The van der Waals surface area contributed by atoms with E-state index in [-0.39, 0.29) is 17.9 Å². The van der Waals surface area contributed by atoms with E-state index in [2.05, 4.69) is 6.92 Å². The van der Waals surface area contributed by atoms with Gasteiger partial charge in [-0.1, -0.05) is 13.8 Å². The summed E-state index contributed by atoms with van der Waals surface area (Å²) >= 11 is 0. The molecule has 94 valence electrons. The van der Waals surface area contributed by atoms with Gasteiger partial charge in [0.15, 0.2) is 5.79 Å². The Morgan fingerprint density at radius 1 is 1.62 bits per heavy atom. The molecule has 1 aliphatic rings. The molecule has 4 heteroatoms. The summed E-state index contributed by atoms with van der Waals surface area (Å²) < 4.78 is 5.54. The summed E-state index contributed by atoms with van der Waals surface area (Å²) in [6.07, 6.45) is 2.53. The number of amides is 1. The first kappa shape index (κ1) is 13.5. The summed E-state index contributed by atoms with van der Waals surface area (Å²) in [6, 6.07) is 0. The van der Waals surface area contributed by atoms with E-state index in [4.69, 9.17) is 10.5 Å². The van der Waals surface area contributed by atoms with Gasteiger partial charge in [0, 0.05) is 18.8 Å². The molecule has 0 spiro atoms. The van der Waals surface area contributed by atoms with Crippen molar-refractivity contribution in [2.75, 3.05) is 0 Å². The van der Waals surface area contributed by atoms with Gasteiger partial charge < -0.3 is 15.6 Å². The van der Waals surface area contributed by atoms with Crippen LogP contribution in [-0.4, -0.2) is 22.9 Å². The summed E-state index contributed by atoms with van der Waals surface area (Å²) in [5.41, 5.74) is 5.27. The molecule has 16 heavy (non-hydrogen) atoms. The molecule has 0 aromatic carbocycles. The molecule has 1 rings (SSSR count). The quantitative estimate of drug-likeness (QED) is 0.748. The van der Waals surface area contributed by atoms with Crippen LogP contribution in [0.15, 0.2) is 0 Å². The van der Waals surface area contributed by atoms with Gasteiger partial charge in [0.25, 0.3) is 0 Å². The van der Waals surface area contributed by atoms with Crippen LogP contribution in [0.4, 0.5) is 0 Å². The largest absolute Gasteiger partial charge is 0.369 e. The molecule has 0 aromatic heterocycles. The van der Waals surface area contributed by atoms with Crippen LogP contribution < -0.4 is 5.73 Å². The molecule has 1 heterocycles. The number of hydrogen-bond donors (Lipinski definition) is 2. The zero-order valence-corrected chi connectivity index (χ0v) is 10.4. The van der Waals surface area contributed by atoms with Crippen molar-refractivity contribution in [1.82, 2.24) is 0 Å². The maximum Gasteiger partial charge on any atom is 0.220 e. The predicted molar refractivity (Wildman–Crippen MR) is 61.5 cm³/mol. The van der Waals surface area contributed by atoms with E-state index in [0.29, 0.717) is 25.2 Å².